The molecule has 6 nitrogen and oxygen atoms in total. The summed E-state index contributed by atoms with van der Waals surface area (Å²) in [5.74, 6) is -0.714. The number of amides is 1. The van der Waals surface area contributed by atoms with Gasteiger partial charge in [-0.1, -0.05) is 30.7 Å². The van der Waals surface area contributed by atoms with Gasteiger partial charge in [0.15, 0.2) is 10.6 Å². The minimum absolute atomic E-state index is 0.00489. The Morgan fingerprint density at radius 2 is 2.15 bits per heavy atom. The second-order valence-electron chi connectivity index (χ2n) is 5.85. The molecule has 0 fully saturated rings. The summed E-state index contributed by atoms with van der Waals surface area (Å²) < 4.78 is 12.6. The molecule has 0 aliphatic rings. The summed E-state index contributed by atoms with van der Waals surface area (Å²) in [7, 11) is 1.34. The molecule has 3 aromatic rings. The van der Waals surface area contributed by atoms with Gasteiger partial charge in [0.1, 0.15) is 6.54 Å². The Bertz CT molecular complexity index is 983. The van der Waals surface area contributed by atoms with Crippen LogP contribution in [0.4, 0.5) is 0 Å². The molecular weight excluding hydrogens is 352 g/mol. The van der Waals surface area contributed by atoms with Gasteiger partial charge in [-0.05, 0) is 42.7 Å². The zero-order chi connectivity index (χ0) is 18.5. The van der Waals surface area contributed by atoms with E-state index in [9.17, 15) is 9.59 Å². The number of nitrogens with zero attached hydrogens (tertiary/aromatic N) is 2. The van der Waals surface area contributed by atoms with Gasteiger partial charge >= 0.3 is 11.9 Å². The summed E-state index contributed by atoms with van der Waals surface area (Å²) in [5, 5.41) is 0. The minimum Gasteiger partial charge on any atom is -0.468 e. The Morgan fingerprint density at radius 1 is 1.31 bits per heavy atom. The van der Waals surface area contributed by atoms with Gasteiger partial charge in [-0.15, -0.1) is 0 Å². The van der Waals surface area contributed by atoms with E-state index >= 15 is 0 Å². The quantitative estimate of drug-likeness (QED) is 0.620. The second-order valence-corrected chi connectivity index (χ2v) is 6.86. The van der Waals surface area contributed by atoms with Gasteiger partial charge in [0.25, 0.3) is 0 Å². The summed E-state index contributed by atoms with van der Waals surface area (Å²) in [6.45, 7) is 2.15. The maximum Gasteiger partial charge on any atom is 0.325 e. The van der Waals surface area contributed by atoms with Gasteiger partial charge < -0.3 is 13.7 Å². The fraction of sp³-hybridized carbons (Fsp3) is 0.316. The summed E-state index contributed by atoms with van der Waals surface area (Å²) in [5.41, 5.74) is 2.08. The predicted octanol–water partition coefficient (Wildman–Crippen LogP) is 3.55. The number of carbonyl (C=O) groups excluding carboxylic acids is 2. The molecule has 26 heavy (non-hydrogen) atoms. The first-order chi connectivity index (χ1) is 12.6. The number of fused-ring (bicyclic) bond motifs is 1. The third kappa shape index (κ3) is 3.94. The molecule has 0 saturated heterocycles. The van der Waals surface area contributed by atoms with Crippen molar-refractivity contribution in [1.29, 1.82) is 0 Å². The second kappa shape index (κ2) is 8.14. The van der Waals surface area contributed by atoms with Crippen molar-refractivity contribution in [3.8, 4) is 0 Å². The molecule has 0 unspecified atom stereocenters. The molecule has 0 N–H and O–H groups in total. The number of aromatic nitrogens is 1. The van der Waals surface area contributed by atoms with Crippen LogP contribution in [0.2, 0.25) is 0 Å². The third-order valence-corrected chi connectivity index (χ3v) is 5.05. The molecular formula is C19H20N2O4S. The lowest BCUT2D eigenvalue weighted by Crippen LogP contribution is -2.22. The monoisotopic (exact) mass is 372 g/mol. The van der Waals surface area contributed by atoms with Crippen LogP contribution in [0, 0.1) is 0 Å². The van der Waals surface area contributed by atoms with E-state index in [0.717, 1.165) is 29.5 Å². The Kier molecular flexibility index (Phi) is 5.68. The van der Waals surface area contributed by atoms with Gasteiger partial charge in [0, 0.05) is 0 Å². The van der Waals surface area contributed by atoms with Gasteiger partial charge in [-0.3, -0.25) is 9.59 Å². The SMILES string of the molecule is CCCCc1ccc2c(c1)sc(=NC(=O)c1ccco1)n2CC(=O)OC. The molecule has 0 bridgehead atoms. The van der Waals surface area contributed by atoms with Crippen molar-refractivity contribution in [2.45, 2.75) is 32.7 Å². The molecule has 7 heteroatoms. The molecule has 3 rings (SSSR count). The molecule has 0 atom stereocenters. The van der Waals surface area contributed by atoms with E-state index in [4.69, 9.17) is 9.15 Å². The number of aryl methyl sites for hydroxylation is 1. The Balaban J connectivity index is 2.08. The first-order valence-corrected chi connectivity index (χ1v) is 9.25. The average Bonchev–Trinajstić information content (AvgIpc) is 3.28. The van der Waals surface area contributed by atoms with Crippen LogP contribution in [-0.4, -0.2) is 23.6 Å². The van der Waals surface area contributed by atoms with Crippen LogP contribution in [0.15, 0.2) is 46.0 Å². The molecule has 136 valence electrons. The number of esters is 1. The number of carbonyl (C=O) groups is 2. The third-order valence-electron chi connectivity index (χ3n) is 4.01. The lowest BCUT2D eigenvalue weighted by atomic mass is 10.1. The van der Waals surface area contributed by atoms with E-state index in [1.807, 2.05) is 6.07 Å². The van der Waals surface area contributed by atoms with E-state index in [1.165, 1.54) is 30.3 Å². The van der Waals surface area contributed by atoms with Crippen molar-refractivity contribution < 1.29 is 18.7 Å². The molecule has 0 aliphatic heterocycles. The number of furan rings is 1. The average molecular weight is 372 g/mol. The van der Waals surface area contributed by atoms with Crippen molar-refractivity contribution in [3.63, 3.8) is 0 Å². The number of hydrogen-bond donors (Lipinski definition) is 0. The van der Waals surface area contributed by atoms with Crippen molar-refractivity contribution in [1.82, 2.24) is 4.57 Å². The van der Waals surface area contributed by atoms with Crippen LogP contribution < -0.4 is 4.80 Å². The van der Waals surface area contributed by atoms with E-state index in [2.05, 4.69) is 24.0 Å². The maximum absolute atomic E-state index is 12.3. The normalized spacial score (nSPS) is 11.8. The topological polar surface area (TPSA) is 73.8 Å². The standard InChI is InChI=1S/C19H20N2O4S/c1-3-4-6-13-8-9-14-16(11-13)26-19(21(14)12-17(22)24-2)20-18(23)15-7-5-10-25-15/h5,7-11H,3-4,6,12H2,1-2H3. The molecule has 0 saturated carbocycles. The van der Waals surface area contributed by atoms with E-state index < -0.39 is 11.9 Å². The predicted molar refractivity (Wildman–Crippen MR) is 99.0 cm³/mol. The van der Waals surface area contributed by atoms with Crippen LogP contribution in [0.25, 0.3) is 10.2 Å². The lowest BCUT2D eigenvalue weighted by molar-refractivity contribution is -0.141. The Hall–Kier alpha value is -2.67. The fourth-order valence-electron chi connectivity index (χ4n) is 2.63. The first-order valence-electron chi connectivity index (χ1n) is 8.44. The molecule has 1 aromatic carbocycles. The van der Waals surface area contributed by atoms with Gasteiger partial charge in [-0.2, -0.15) is 4.99 Å². The zero-order valence-corrected chi connectivity index (χ0v) is 15.5. The Labute approximate surface area is 154 Å². The van der Waals surface area contributed by atoms with E-state index in [1.54, 1.807) is 16.7 Å². The minimum atomic E-state index is -0.480. The highest BCUT2D eigenvalue weighted by Crippen LogP contribution is 2.21. The van der Waals surface area contributed by atoms with Crippen molar-refractivity contribution in [3.05, 3.63) is 52.7 Å². The summed E-state index contributed by atoms with van der Waals surface area (Å²) in [4.78, 5) is 28.7. The fourth-order valence-corrected chi connectivity index (χ4v) is 3.72. The van der Waals surface area contributed by atoms with Crippen LogP contribution in [0.3, 0.4) is 0 Å². The summed E-state index contributed by atoms with van der Waals surface area (Å²) >= 11 is 1.38. The van der Waals surface area contributed by atoms with Gasteiger partial charge in [0.2, 0.25) is 0 Å². The van der Waals surface area contributed by atoms with Crippen LogP contribution in [0.1, 0.15) is 35.9 Å². The number of thiazole rings is 1. The highest BCUT2D eigenvalue weighted by molar-refractivity contribution is 7.16. The number of ether oxygens (including phenoxy) is 1. The first kappa shape index (κ1) is 18.1. The highest BCUT2D eigenvalue weighted by atomic mass is 32.1. The molecule has 1 amide bonds. The number of hydrogen-bond acceptors (Lipinski definition) is 5. The van der Waals surface area contributed by atoms with Crippen molar-refractivity contribution in [2.75, 3.05) is 7.11 Å². The molecule has 0 radical (unpaired) electrons. The zero-order valence-electron chi connectivity index (χ0n) is 14.7. The van der Waals surface area contributed by atoms with Crippen LogP contribution >= 0.6 is 11.3 Å². The molecule has 0 aliphatic carbocycles. The largest absolute Gasteiger partial charge is 0.468 e. The summed E-state index contributed by atoms with van der Waals surface area (Å²) in [6, 6.07) is 9.31. The Morgan fingerprint density at radius 3 is 2.85 bits per heavy atom. The number of unbranched alkanes of at least 4 members (excludes halogenated alkanes) is 1. The van der Waals surface area contributed by atoms with Crippen molar-refractivity contribution >= 4 is 33.4 Å². The summed E-state index contributed by atoms with van der Waals surface area (Å²) in [6.07, 6.45) is 4.67. The number of benzene rings is 1. The highest BCUT2D eigenvalue weighted by Gasteiger charge is 2.14. The van der Waals surface area contributed by atoms with E-state index in [0.29, 0.717) is 4.80 Å². The smallest absolute Gasteiger partial charge is 0.325 e. The maximum atomic E-state index is 12.3. The number of rotatable bonds is 6. The van der Waals surface area contributed by atoms with E-state index in [-0.39, 0.29) is 12.3 Å². The molecule has 2 heterocycles. The molecule has 0 spiro atoms. The van der Waals surface area contributed by atoms with Gasteiger partial charge in [0.05, 0.1) is 23.6 Å². The van der Waals surface area contributed by atoms with Crippen LogP contribution in [0.5, 0.6) is 0 Å². The molecule has 2 aromatic heterocycles. The van der Waals surface area contributed by atoms with Crippen LogP contribution in [-0.2, 0) is 22.5 Å². The van der Waals surface area contributed by atoms with Gasteiger partial charge in [-0.25, -0.2) is 0 Å². The lowest BCUT2D eigenvalue weighted by Gasteiger charge is -2.04. The van der Waals surface area contributed by atoms with Crippen molar-refractivity contribution in [2.24, 2.45) is 4.99 Å². The number of methoxy groups -OCH3 is 1.